The van der Waals surface area contributed by atoms with Gasteiger partial charge in [-0.15, -0.1) is 0 Å². The molecular weight excluding hydrogens is 479 g/mol. The van der Waals surface area contributed by atoms with Crippen molar-refractivity contribution in [1.82, 2.24) is 19.3 Å². The van der Waals surface area contributed by atoms with Crippen molar-refractivity contribution in [3.8, 4) is 11.3 Å². The van der Waals surface area contributed by atoms with E-state index in [0.29, 0.717) is 39.7 Å². The number of carbonyl (C=O) groups is 2. The Kier molecular flexibility index (Phi) is 5.21. The molecule has 0 atom stereocenters. The lowest BCUT2D eigenvalue weighted by molar-refractivity contribution is 0.0763. The quantitative estimate of drug-likeness (QED) is 0.360. The van der Waals surface area contributed by atoms with Gasteiger partial charge in [0, 0.05) is 37.0 Å². The molecule has 1 aliphatic heterocycles. The molecular formula is C26H23FN6O4. The van der Waals surface area contributed by atoms with Gasteiger partial charge >= 0.3 is 6.09 Å². The van der Waals surface area contributed by atoms with Gasteiger partial charge in [0.15, 0.2) is 0 Å². The van der Waals surface area contributed by atoms with E-state index >= 15 is 0 Å². The summed E-state index contributed by atoms with van der Waals surface area (Å²) in [5.41, 5.74) is 10.1. The molecule has 11 heteroatoms. The number of amides is 2. The Hall–Kier alpha value is -4.35. The molecule has 1 saturated carbocycles. The molecule has 0 bridgehead atoms. The first-order valence-corrected chi connectivity index (χ1v) is 11.7. The number of fused-ring (bicyclic) bond motifs is 2. The standard InChI is InChI=1S/C26H23FN6O4/c1-37-26(7-8-26)17-3-5-21(31-19(17)11-28)30-18-4-2-15(16-13-33(25(35)36)24(34)23(16)18)20-12-29-22-10-14(27)6-9-32(20)22/h2-6,9-10,12H,7-8,11,13,28H2,1H3,(H,30,31)(H,35,36). The predicted octanol–water partition coefficient (Wildman–Crippen LogP) is 4.01. The second kappa shape index (κ2) is 8.36. The number of halogens is 1. The van der Waals surface area contributed by atoms with E-state index in [1.165, 1.54) is 12.1 Å². The Balaban J connectivity index is 1.44. The highest BCUT2D eigenvalue weighted by Gasteiger charge is 2.46. The van der Waals surface area contributed by atoms with Crippen molar-refractivity contribution in [2.24, 2.45) is 5.73 Å². The first-order valence-electron chi connectivity index (χ1n) is 11.7. The van der Waals surface area contributed by atoms with Crippen LogP contribution in [0.3, 0.4) is 0 Å². The highest BCUT2D eigenvalue weighted by atomic mass is 19.1. The number of methoxy groups -OCH3 is 1. The van der Waals surface area contributed by atoms with Gasteiger partial charge in [-0.3, -0.25) is 9.20 Å². The van der Waals surface area contributed by atoms with Crippen LogP contribution in [0.25, 0.3) is 16.9 Å². The lowest BCUT2D eigenvalue weighted by atomic mass is 9.99. The molecule has 37 heavy (non-hydrogen) atoms. The van der Waals surface area contributed by atoms with Crippen LogP contribution in [0.15, 0.2) is 48.8 Å². The van der Waals surface area contributed by atoms with Gasteiger partial charge in [0.05, 0.1) is 41.0 Å². The second-order valence-electron chi connectivity index (χ2n) is 9.12. The van der Waals surface area contributed by atoms with Crippen LogP contribution in [-0.2, 0) is 23.4 Å². The number of imidazole rings is 1. The van der Waals surface area contributed by atoms with Crippen LogP contribution in [0, 0.1) is 5.82 Å². The predicted molar refractivity (Wildman–Crippen MR) is 132 cm³/mol. The summed E-state index contributed by atoms with van der Waals surface area (Å²) >= 11 is 0. The number of nitrogens with zero attached hydrogens (tertiary/aromatic N) is 4. The SMILES string of the molecule is COC1(c2ccc(Nc3ccc(-c4cnc5cc(F)ccn45)c4c3C(=O)N(C(=O)O)C4)nc2CN)CC1. The van der Waals surface area contributed by atoms with E-state index in [0.717, 1.165) is 23.3 Å². The molecule has 1 aromatic carbocycles. The highest BCUT2D eigenvalue weighted by molar-refractivity contribution is 6.11. The fourth-order valence-corrected chi connectivity index (χ4v) is 5.05. The average Bonchev–Trinajstić information content (AvgIpc) is 3.46. The molecule has 2 aliphatic rings. The summed E-state index contributed by atoms with van der Waals surface area (Å²) < 4.78 is 21.1. The maximum Gasteiger partial charge on any atom is 0.414 e. The number of nitrogens with one attached hydrogen (secondary N) is 1. The van der Waals surface area contributed by atoms with Gasteiger partial charge in [-0.05, 0) is 36.6 Å². The topological polar surface area (TPSA) is 135 Å². The van der Waals surface area contributed by atoms with E-state index in [1.54, 1.807) is 42.1 Å². The molecule has 0 unspecified atom stereocenters. The molecule has 0 spiro atoms. The van der Waals surface area contributed by atoms with E-state index in [-0.39, 0.29) is 24.3 Å². The van der Waals surface area contributed by atoms with Crippen LogP contribution in [0.5, 0.6) is 0 Å². The number of benzene rings is 1. The Labute approximate surface area is 210 Å². The third kappa shape index (κ3) is 3.62. The summed E-state index contributed by atoms with van der Waals surface area (Å²) in [6.45, 7) is 0.0904. The summed E-state index contributed by atoms with van der Waals surface area (Å²) in [6.07, 6.45) is 3.57. The number of pyridine rings is 2. The minimum absolute atomic E-state index is 0.125. The van der Waals surface area contributed by atoms with Gasteiger partial charge in [0.25, 0.3) is 5.91 Å². The molecule has 3 aromatic heterocycles. The number of imide groups is 1. The van der Waals surface area contributed by atoms with E-state index in [4.69, 9.17) is 10.5 Å². The zero-order valence-corrected chi connectivity index (χ0v) is 19.9. The van der Waals surface area contributed by atoms with Crippen molar-refractivity contribution in [3.63, 3.8) is 0 Å². The number of carboxylic acid groups (broad SMARTS) is 1. The van der Waals surface area contributed by atoms with E-state index < -0.39 is 17.8 Å². The lowest BCUT2D eigenvalue weighted by Crippen LogP contribution is -2.29. The van der Waals surface area contributed by atoms with E-state index in [2.05, 4.69) is 15.3 Å². The van der Waals surface area contributed by atoms with Crippen molar-refractivity contribution >= 4 is 29.2 Å². The third-order valence-corrected chi connectivity index (χ3v) is 7.09. The van der Waals surface area contributed by atoms with E-state index in [9.17, 15) is 19.1 Å². The summed E-state index contributed by atoms with van der Waals surface area (Å²) in [4.78, 5) is 34.7. The highest BCUT2D eigenvalue weighted by Crippen LogP contribution is 2.50. The van der Waals surface area contributed by atoms with Crippen molar-refractivity contribution in [3.05, 3.63) is 77.0 Å². The molecule has 0 radical (unpaired) electrons. The minimum Gasteiger partial charge on any atom is -0.465 e. The Morgan fingerprint density at radius 3 is 2.78 bits per heavy atom. The third-order valence-electron chi connectivity index (χ3n) is 7.09. The number of ether oxygens (including phenoxy) is 1. The molecule has 4 aromatic rings. The van der Waals surface area contributed by atoms with Gasteiger partial charge in [-0.25, -0.2) is 24.1 Å². The Morgan fingerprint density at radius 1 is 1.27 bits per heavy atom. The second-order valence-corrected chi connectivity index (χ2v) is 9.12. The first-order chi connectivity index (χ1) is 17.8. The number of anilines is 2. The summed E-state index contributed by atoms with van der Waals surface area (Å²) in [6, 6.07) is 9.81. The average molecular weight is 503 g/mol. The number of aromatic nitrogens is 3. The van der Waals surface area contributed by atoms with E-state index in [1.807, 2.05) is 6.07 Å². The number of carbonyl (C=O) groups excluding carboxylic acids is 1. The number of nitrogens with two attached hydrogens (primary N) is 1. The van der Waals surface area contributed by atoms with Gasteiger partial charge in [0.2, 0.25) is 0 Å². The number of rotatable bonds is 6. The molecule has 0 saturated heterocycles. The summed E-state index contributed by atoms with van der Waals surface area (Å²) in [7, 11) is 1.67. The molecule has 4 N–H and O–H groups in total. The first kappa shape index (κ1) is 23.1. The van der Waals surface area contributed by atoms with Gasteiger partial charge in [-0.2, -0.15) is 0 Å². The number of hydrogen-bond acceptors (Lipinski definition) is 7. The maximum absolute atomic E-state index is 13.7. The van der Waals surface area contributed by atoms with Gasteiger partial charge < -0.3 is 20.9 Å². The molecule has 188 valence electrons. The summed E-state index contributed by atoms with van der Waals surface area (Å²) in [5.74, 6) is -0.591. The maximum atomic E-state index is 13.7. The molecule has 1 aliphatic carbocycles. The summed E-state index contributed by atoms with van der Waals surface area (Å²) in [5, 5.41) is 12.8. The molecule has 1 fully saturated rings. The van der Waals surface area contributed by atoms with Crippen molar-refractivity contribution in [2.75, 3.05) is 12.4 Å². The van der Waals surface area contributed by atoms with Crippen molar-refractivity contribution < 1.29 is 23.8 Å². The Bertz CT molecular complexity index is 1600. The molecule has 2 amide bonds. The molecule has 4 heterocycles. The molecule has 10 nitrogen and oxygen atoms in total. The van der Waals surface area contributed by atoms with Crippen LogP contribution in [-0.4, -0.2) is 43.5 Å². The normalized spacial score (nSPS) is 15.8. The zero-order chi connectivity index (χ0) is 25.9. The molecule has 6 rings (SSSR count). The number of hydrogen-bond donors (Lipinski definition) is 3. The van der Waals surface area contributed by atoms with Crippen molar-refractivity contribution in [1.29, 1.82) is 0 Å². The van der Waals surface area contributed by atoms with Crippen LogP contribution in [0.1, 0.15) is 40.0 Å². The van der Waals surface area contributed by atoms with Crippen LogP contribution in [0.2, 0.25) is 0 Å². The van der Waals surface area contributed by atoms with Crippen LogP contribution in [0.4, 0.5) is 20.7 Å². The monoisotopic (exact) mass is 502 g/mol. The lowest BCUT2D eigenvalue weighted by Gasteiger charge is -2.19. The fourth-order valence-electron chi connectivity index (χ4n) is 5.05. The van der Waals surface area contributed by atoms with Crippen molar-refractivity contribution in [2.45, 2.75) is 31.5 Å². The van der Waals surface area contributed by atoms with Crippen LogP contribution >= 0.6 is 0 Å². The largest absolute Gasteiger partial charge is 0.465 e. The van der Waals surface area contributed by atoms with Crippen LogP contribution < -0.4 is 11.1 Å². The fraction of sp³-hybridized carbons (Fsp3) is 0.231. The van der Waals surface area contributed by atoms with Gasteiger partial charge in [-0.1, -0.05) is 12.1 Å². The van der Waals surface area contributed by atoms with Gasteiger partial charge in [0.1, 0.15) is 17.3 Å². The smallest absolute Gasteiger partial charge is 0.414 e. The zero-order valence-electron chi connectivity index (χ0n) is 19.9. The Morgan fingerprint density at radius 2 is 2.08 bits per heavy atom. The minimum atomic E-state index is -1.35.